The molecule has 0 heterocycles. The Hall–Kier alpha value is -0.120. The summed E-state index contributed by atoms with van der Waals surface area (Å²) in [6.45, 7) is 11.9. The molecule has 18 heavy (non-hydrogen) atoms. The summed E-state index contributed by atoms with van der Waals surface area (Å²) in [5, 5.41) is 0. The Morgan fingerprint density at radius 3 is 2.39 bits per heavy atom. The van der Waals surface area contributed by atoms with Gasteiger partial charge in [0.15, 0.2) is 0 Å². The molecule has 3 N–H and O–H groups in total. The summed E-state index contributed by atoms with van der Waals surface area (Å²) < 4.78 is 6.00. The number of rotatable bonds is 6. The average molecular weight is 256 g/mol. The first-order valence-corrected chi connectivity index (χ1v) is 7.58. The van der Waals surface area contributed by atoms with E-state index < -0.39 is 0 Å². The number of hydrogen-bond donors (Lipinski definition) is 2. The molecule has 0 bridgehead atoms. The van der Waals surface area contributed by atoms with Crippen LogP contribution in [0.1, 0.15) is 60.3 Å². The van der Waals surface area contributed by atoms with Crippen molar-refractivity contribution in [3.05, 3.63) is 0 Å². The normalized spacial score (nSPS) is 34.0. The first-order valence-electron chi connectivity index (χ1n) is 7.58. The predicted octanol–water partition coefficient (Wildman–Crippen LogP) is 3.10. The molecule has 3 heteroatoms. The zero-order valence-corrected chi connectivity index (χ0v) is 12.8. The lowest BCUT2D eigenvalue weighted by Gasteiger charge is -2.44. The SMILES string of the molecule is CCOC(C)(CC)C(NN)C1CCC(C)C(C)C1. The maximum Gasteiger partial charge on any atom is 0.0820 e. The van der Waals surface area contributed by atoms with Crippen molar-refractivity contribution < 1.29 is 4.74 Å². The van der Waals surface area contributed by atoms with Crippen molar-refractivity contribution in [2.24, 2.45) is 23.6 Å². The van der Waals surface area contributed by atoms with Crippen molar-refractivity contribution in [1.82, 2.24) is 5.43 Å². The molecule has 0 radical (unpaired) electrons. The molecule has 0 spiro atoms. The van der Waals surface area contributed by atoms with Gasteiger partial charge in [-0.05, 0) is 50.9 Å². The third kappa shape index (κ3) is 3.46. The quantitative estimate of drug-likeness (QED) is 0.567. The molecule has 0 aromatic rings. The Morgan fingerprint density at radius 1 is 1.28 bits per heavy atom. The second-order valence-corrected chi connectivity index (χ2v) is 6.27. The topological polar surface area (TPSA) is 47.3 Å². The number of nitrogens with two attached hydrogens (primary N) is 1. The molecule has 1 aliphatic carbocycles. The highest BCUT2D eigenvalue weighted by Gasteiger charge is 2.40. The lowest BCUT2D eigenvalue weighted by molar-refractivity contribution is -0.0768. The first-order chi connectivity index (χ1) is 8.48. The van der Waals surface area contributed by atoms with E-state index in [4.69, 9.17) is 10.6 Å². The third-order valence-corrected chi connectivity index (χ3v) is 5.12. The Bertz CT molecular complexity index is 247. The number of hydrazine groups is 1. The minimum atomic E-state index is -0.144. The van der Waals surface area contributed by atoms with E-state index in [2.05, 4.69) is 40.0 Å². The van der Waals surface area contributed by atoms with Gasteiger partial charge < -0.3 is 4.74 Å². The Morgan fingerprint density at radius 2 is 1.94 bits per heavy atom. The average Bonchev–Trinajstić information content (AvgIpc) is 2.35. The van der Waals surface area contributed by atoms with Gasteiger partial charge in [-0.1, -0.05) is 27.2 Å². The summed E-state index contributed by atoms with van der Waals surface area (Å²) in [5.41, 5.74) is 2.91. The third-order valence-electron chi connectivity index (χ3n) is 5.12. The van der Waals surface area contributed by atoms with Crippen LogP contribution in [0.4, 0.5) is 0 Å². The van der Waals surface area contributed by atoms with E-state index >= 15 is 0 Å². The van der Waals surface area contributed by atoms with Gasteiger partial charge in [0.25, 0.3) is 0 Å². The van der Waals surface area contributed by atoms with Crippen LogP contribution < -0.4 is 11.3 Å². The zero-order chi connectivity index (χ0) is 13.8. The van der Waals surface area contributed by atoms with Crippen LogP contribution in [0.2, 0.25) is 0 Å². The number of nitrogens with one attached hydrogen (secondary N) is 1. The smallest absolute Gasteiger partial charge is 0.0820 e. The van der Waals surface area contributed by atoms with Crippen LogP contribution in [0, 0.1) is 17.8 Å². The van der Waals surface area contributed by atoms with Crippen LogP contribution >= 0.6 is 0 Å². The summed E-state index contributed by atoms with van der Waals surface area (Å²) in [7, 11) is 0. The maximum absolute atomic E-state index is 6.00. The molecule has 108 valence electrons. The summed E-state index contributed by atoms with van der Waals surface area (Å²) in [6.07, 6.45) is 4.84. The second-order valence-electron chi connectivity index (χ2n) is 6.27. The molecule has 0 aliphatic heterocycles. The molecule has 1 aliphatic rings. The summed E-state index contributed by atoms with van der Waals surface area (Å²) >= 11 is 0. The van der Waals surface area contributed by atoms with E-state index in [9.17, 15) is 0 Å². The van der Waals surface area contributed by atoms with E-state index in [0.717, 1.165) is 24.9 Å². The second kappa shape index (κ2) is 6.88. The number of hydrogen-bond acceptors (Lipinski definition) is 3. The molecule has 3 nitrogen and oxygen atoms in total. The van der Waals surface area contributed by atoms with Crippen LogP contribution in [-0.2, 0) is 4.74 Å². The van der Waals surface area contributed by atoms with Gasteiger partial charge >= 0.3 is 0 Å². The molecule has 0 aromatic heterocycles. The van der Waals surface area contributed by atoms with Gasteiger partial charge in [-0.25, -0.2) is 0 Å². The van der Waals surface area contributed by atoms with Gasteiger partial charge in [-0.15, -0.1) is 0 Å². The summed E-state index contributed by atoms with van der Waals surface area (Å²) in [4.78, 5) is 0. The van der Waals surface area contributed by atoms with E-state index in [1.54, 1.807) is 0 Å². The molecular weight excluding hydrogens is 224 g/mol. The fraction of sp³-hybridized carbons (Fsp3) is 1.00. The molecular formula is C15H32N2O. The Kier molecular flexibility index (Phi) is 6.09. The van der Waals surface area contributed by atoms with Gasteiger partial charge in [0.2, 0.25) is 0 Å². The van der Waals surface area contributed by atoms with Gasteiger partial charge in [0.05, 0.1) is 11.6 Å². The first kappa shape index (κ1) is 15.9. The molecule has 0 saturated heterocycles. The van der Waals surface area contributed by atoms with Crippen LogP contribution in [-0.4, -0.2) is 18.2 Å². The zero-order valence-electron chi connectivity index (χ0n) is 12.8. The highest BCUT2D eigenvalue weighted by atomic mass is 16.5. The lowest BCUT2D eigenvalue weighted by atomic mass is 9.69. The van der Waals surface area contributed by atoms with Gasteiger partial charge in [0, 0.05) is 6.61 Å². The lowest BCUT2D eigenvalue weighted by Crippen LogP contribution is -2.57. The van der Waals surface area contributed by atoms with Crippen molar-refractivity contribution in [3.8, 4) is 0 Å². The molecule has 1 rings (SSSR count). The maximum atomic E-state index is 6.00. The van der Waals surface area contributed by atoms with Gasteiger partial charge in [-0.3, -0.25) is 11.3 Å². The van der Waals surface area contributed by atoms with Crippen LogP contribution in [0.25, 0.3) is 0 Å². The molecule has 1 saturated carbocycles. The highest BCUT2D eigenvalue weighted by molar-refractivity contribution is 4.94. The van der Waals surface area contributed by atoms with Crippen molar-refractivity contribution in [2.45, 2.75) is 71.9 Å². The fourth-order valence-electron chi connectivity index (χ4n) is 3.44. The molecule has 1 fully saturated rings. The van der Waals surface area contributed by atoms with Crippen molar-refractivity contribution in [1.29, 1.82) is 0 Å². The van der Waals surface area contributed by atoms with Crippen LogP contribution in [0.15, 0.2) is 0 Å². The van der Waals surface area contributed by atoms with Crippen molar-refractivity contribution >= 4 is 0 Å². The molecule has 0 amide bonds. The fourth-order valence-corrected chi connectivity index (χ4v) is 3.44. The van der Waals surface area contributed by atoms with Crippen molar-refractivity contribution in [3.63, 3.8) is 0 Å². The highest BCUT2D eigenvalue weighted by Crippen LogP contribution is 2.38. The summed E-state index contributed by atoms with van der Waals surface area (Å²) in [5.74, 6) is 8.12. The monoisotopic (exact) mass is 256 g/mol. The van der Waals surface area contributed by atoms with E-state index in [1.165, 1.54) is 19.3 Å². The van der Waals surface area contributed by atoms with Gasteiger partial charge in [0.1, 0.15) is 0 Å². The molecule has 5 unspecified atom stereocenters. The largest absolute Gasteiger partial charge is 0.374 e. The molecule has 0 aromatic carbocycles. The number of ether oxygens (including phenoxy) is 1. The molecule has 5 atom stereocenters. The minimum absolute atomic E-state index is 0.144. The standard InChI is InChI=1S/C15H32N2O/c1-6-15(5,18-7-2)14(17-16)13-9-8-11(3)12(4)10-13/h11-14,17H,6-10,16H2,1-5H3. The minimum Gasteiger partial charge on any atom is -0.374 e. The van der Waals surface area contributed by atoms with E-state index in [0.29, 0.717) is 5.92 Å². The van der Waals surface area contributed by atoms with Crippen LogP contribution in [0.3, 0.4) is 0 Å². The predicted molar refractivity (Wildman–Crippen MR) is 77.1 cm³/mol. The van der Waals surface area contributed by atoms with E-state index in [-0.39, 0.29) is 11.6 Å². The van der Waals surface area contributed by atoms with Gasteiger partial charge in [-0.2, -0.15) is 0 Å². The Balaban J connectivity index is 2.75. The van der Waals surface area contributed by atoms with Crippen molar-refractivity contribution in [2.75, 3.05) is 6.61 Å². The summed E-state index contributed by atoms with van der Waals surface area (Å²) in [6, 6.07) is 0.261. The van der Waals surface area contributed by atoms with Crippen LogP contribution in [0.5, 0.6) is 0 Å². The Labute approximate surface area is 113 Å². The van der Waals surface area contributed by atoms with E-state index in [1.807, 2.05) is 0 Å².